The molecule has 0 aliphatic carbocycles. The van der Waals surface area contributed by atoms with Gasteiger partial charge in [0.1, 0.15) is 19.3 Å². The Morgan fingerprint density at radius 2 is 0.921 bits per heavy atom. The standard InChI is InChI=1S/C54H100NO7P/c1-6-8-10-12-14-16-18-20-22-24-26-27-28-30-32-34-36-38-40-42-44-46-49-59-51-53(52-61-63(57,58)60-50-48-55(3,4)5)62-54(56)47-45-43-41-39-37-35-33-31-29-25-23-21-19-17-15-13-11-9-7-2/h9,11,15,17,21,23-24,26,29,31,53H,6-8,10,12-14,16,18-20,22,25,27-28,30,32-52H2,1-5H3/p+1/b11-9-,17-15-,23-21-,26-24-,31-29-. The molecule has 0 aromatic heterocycles. The highest BCUT2D eigenvalue weighted by atomic mass is 31.2. The van der Waals surface area contributed by atoms with Gasteiger partial charge in [-0.25, -0.2) is 4.57 Å². The van der Waals surface area contributed by atoms with E-state index in [4.69, 9.17) is 18.5 Å². The van der Waals surface area contributed by atoms with E-state index >= 15 is 0 Å². The van der Waals surface area contributed by atoms with Crippen LogP contribution in [0.15, 0.2) is 60.8 Å². The fraction of sp³-hybridized carbons (Fsp3) is 0.796. The molecule has 0 aromatic carbocycles. The molecule has 8 nitrogen and oxygen atoms in total. The predicted octanol–water partition coefficient (Wildman–Crippen LogP) is 16.1. The number of hydrogen-bond donors (Lipinski definition) is 1. The van der Waals surface area contributed by atoms with Crippen LogP contribution in [0, 0.1) is 0 Å². The van der Waals surface area contributed by atoms with Crippen molar-refractivity contribution in [2.24, 2.45) is 0 Å². The van der Waals surface area contributed by atoms with E-state index in [1.54, 1.807) is 0 Å². The molecule has 1 N–H and O–H groups in total. The minimum Gasteiger partial charge on any atom is -0.457 e. The van der Waals surface area contributed by atoms with Crippen LogP contribution in [0.25, 0.3) is 0 Å². The Morgan fingerprint density at radius 1 is 0.508 bits per heavy atom. The summed E-state index contributed by atoms with van der Waals surface area (Å²) in [5.41, 5.74) is 0. The topological polar surface area (TPSA) is 91.3 Å². The van der Waals surface area contributed by atoms with E-state index in [0.29, 0.717) is 24.1 Å². The highest BCUT2D eigenvalue weighted by molar-refractivity contribution is 7.47. The lowest BCUT2D eigenvalue weighted by molar-refractivity contribution is -0.870. The number of likely N-dealkylation sites (N-methyl/N-ethyl adjacent to an activating group) is 1. The number of rotatable bonds is 48. The van der Waals surface area contributed by atoms with Crippen molar-refractivity contribution in [2.75, 3.05) is 54.1 Å². The molecular formula is C54H101NO7P+. The van der Waals surface area contributed by atoms with Crippen LogP contribution in [0.4, 0.5) is 0 Å². The first-order chi connectivity index (χ1) is 30.6. The van der Waals surface area contributed by atoms with Gasteiger partial charge in [0.2, 0.25) is 0 Å². The van der Waals surface area contributed by atoms with Crippen LogP contribution in [-0.2, 0) is 27.9 Å². The van der Waals surface area contributed by atoms with Gasteiger partial charge in [-0.1, -0.05) is 197 Å². The molecular weight excluding hydrogens is 806 g/mol. The van der Waals surface area contributed by atoms with Gasteiger partial charge in [-0.05, 0) is 77.0 Å². The largest absolute Gasteiger partial charge is 0.472 e. The monoisotopic (exact) mass is 907 g/mol. The number of phosphoric acid groups is 1. The molecule has 0 saturated heterocycles. The number of ether oxygens (including phenoxy) is 2. The SMILES string of the molecule is CC/C=C\C/C=C\C/C=C\C/C=C\CCCCCCCCC(=O)OC(COCCCCCCCCCCCC/C=C\CCCCCCCCCC)COP(=O)(O)OCC[N+](C)(C)C. The number of unbranched alkanes of at least 4 members (excludes halogenated alkanes) is 24. The Bertz CT molecular complexity index is 1190. The average molecular weight is 907 g/mol. The first-order valence-electron chi connectivity index (χ1n) is 26.0. The van der Waals surface area contributed by atoms with Gasteiger partial charge in [-0.3, -0.25) is 13.8 Å². The fourth-order valence-electron chi connectivity index (χ4n) is 7.07. The Morgan fingerprint density at radius 3 is 1.40 bits per heavy atom. The second-order valence-electron chi connectivity index (χ2n) is 18.5. The molecule has 368 valence electrons. The van der Waals surface area contributed by atoms with Crippen molar-refractivity contribution in [1.82, 2.24) is 0 Å². The minimum absolute atomic E-state index is 0.0833. The lowest BCUT2D eigenvalue weighted by Gasteiger charge is -2.24. The zero-order chi connectivity index (χ0) is 46.2. The van der Waals surface area contributed by atoms with Crippen LogP contribution >= 0.6 is 7.82 Å². The summed E-state index contributed by atoms with van der Waals surface area (Å²) >= 11 is 0. The van der Waals surface area contributed by atoms with Crippen molar-refractivity contribution in [2.45, 2.75) is 225 Å². The molecule has 2 atom stereocenters. The van der Waals surface area contributed by atoms with Crippen molar-refractivity contribution in [1.29, 1.82) is 0 Å². The quantitative estimate of drug-likeness (QED) is 0.0214. The van der Waals surface area contributed by atoms with Crippen molar-refractivity contribution in [3.05, 3.63) is 60.8 Å². The Labute approximate surface area is 390 Å². The van der Waals surface area contributed by atoms with Gasteiger partial charge in [-0.2, -0.15) is 0 Å². The normalized spacial score (nSPS) is 14.1. The highest BCUT2D eigenvalue weighted by Crippen LogP contribution is 2.43. The summed E-state index contributed by atoms with van der Waals surface area (Å²) in [4.78, 5) is 23.0. The van der Waals surface area contributed by atoms with Gasteiger partial charge < -0.3 is 18.9 Å². The molecule has 0 rings (SSSR count). The molecule has 0 aliphatic heterocycles. The molecule has 2 unspecified atom stereocenters. The summed E-state index contributed by atoms with van der Waals surface area (Å²) in [5, 5.41) is 0. The summed E-state index contributed by atoms with van der Waals surface area (Å²) in [7, 11) is 1.65. The van der Waals surface area contributed by atoms with Crippen LogP contribution in [0.3, 0.4) is 0 Å². The van der Waals surface area contributed by atoms with Gasteiger partial charge in [0, 0.05) is 13.0 Å². The molecule has 63 heavy (non-hydrogen) atoms. The smallest absolute Gasteiger partial charge is 0.457 e. The van der Waals surface area contributed by atoms with Crippen LogP contribution in [0.5, 0.6) is 0 Å². The number of nitrogens with zero attached hydrogens (tertiary/aromatic N) is 1. The van der Waals surface area contributed by atoms with E-state index in [0.717, 1.165) is 70.6 Å². The zero-order valence-corrected chi connectivity index (χ0v) is 42.7. The van der Waals surface area contributed by atoms with E-state index in [-0.39, 0.29) is 25.8 Å². The molecule has 0 radical (unpaired) electrons. The number of phosphoric ester groups is 1. The van der Waals surface area contributed by atoms with Crippen molar-refractivity contribution in [3.8, 4) is 0 Å². The van der Waals surface area contributed by atoms with E-state index in [1.165, 1.54) is 128 Å². The first-order valence-corrected chi connectivity index (χ1v) is 27.5. The molecule has 0 heterocycles. The van der Waals surface area contributed by atoms with E-state index in [2.05, 4.69) is 74.6 Å². The molecule has 0 amide bonds. The van der Waals surface area contributed by atoms with Gasteiger partial charge in [-0.15, -0.1) is 0 Å². The van der Waals surface area contributed by atoms with Crippen molar-refractivity contribution >= 4 is 13.8 Å². The van der Waals surface area contributed by atoms with Gasteiger partial charge >= 0.3 is 13.8 Å². The third-order valence-corrected chi connectivity index (χ3v) is 12.0. The molecule has 9 heteroatoms. The molecule has 0 bridgehead atoms. The maximum absolute atomic E-state index is 12.8. The number of hydrogen-bond acceptors (Lipinski definition) is 6. The number of quaternary nitrogens is 1. The summed E-state index contributed by atoms with van der Waals surface area (Å²) in [6.45, 7) is 5.50. The van der Waals surface area contributed by atoms with Gasteiger partial charge in [0.25, 0.3) is 0 Å². The van der Waals surface area contributed by atoms with E-state index < -0.39 is 13.9 Å². The summed E-state index contributed by atoms with van der Waals surface area (Å²) < 4.78 is 35.2. The summed E-state index contributed by atoms with van der Waals surface area (Å²) in [6.07, 6.45) is 59.8. The lowest BCUT2D eigenvalue weighted by atomic mass is 10.1. The van der Waals surface area contributed by atoms with Gasteiger partial charge in [0.05, 0.1) is 34.4 Å². The average Bonchev–Trinajstić information content (AvgIpc) is 3.24. The first kappa shape index (κ1) is 61.2. The molecule has 0 aliphatic rings. The second kappa shape index (κ2) is 46.7. The number of carbonyl (C=O) groups is 1. The number of allylic oxidation sites excluding steroid dienone is 10. The van der Waals surface area contributed by atoms with Crippen LogP contribution in [0.2, 0.25) is 0 Å². The Hall–Kier alpha value is -1.80. The Kier molecular flexibility index (Phi) is 45.4. The molecule has 0 aromatic rings. The van der Waals surface area contributed by atoms with Crippen molar-refractivity contribution < 1.29 is 37.3 Å². The second-order valence-corrected chi connectivity index (χ2v) is 20.0. The number of esters is 1. The van der Waals surface area contributed by atoms with Crippen LogP contribution < -0.4 is 0 Å². The van der Waals surface area contributed by atoms with E-state index in [9.17, 15) is 14.3 Å². The van der Waals surface area contributed by atoms with Crippen LogP contribution in [-0.4, -0.2) is 75.6 Å². The number of carbonyl (C=O) groups excluding carboxylic acids is 1. The fourth-order valence-corrected chi connectivity index (χ4v) is 7.81. The third-order valence-electron chi connectivity index (χ3n) is 11.1. The van der Waals surface area contributed by atoms with Crippen molar-refractivity contribution in [3.63, 3.8) is 0 Å². The summed E-state index contributed by atoms with van der Waals surface area (Å²) in [6, 6.07) is 0. The summed E-state index contributed by atoms with van der Waals surface area (Å²) in [5.74, 6) is -0.327. The zero-order valence-electron chi connectivity index (χ0n) is 41.8. The Balaban J connectivity index is 4.16. The minimum atomic E-state index is -4.29. The lowest BCUT2D eigenvalue weighted by Crippen LogP contribution is -2.37. The van der Waals surface area contributed by atoms with Gasteiger partial charge in [0.15, 0.2) is 0 Å². The highest BCUT2D eigenvalue weighted by Gasteiger charge is 2.26. The third kappa shape index (κ3) is 51.1. The maximum atomic E-state index is 12.8. The molecule has 0 saturated carbocycles. The predicted molar refractivity (Wildman–Crippen MR) is 270 cm³/mol. The van der Waals surface area contributed by atoms with Crippen LogP contribution in [0.1, 0.15) is 219 Å². The van der Waals surface area contributed by atoms with E-state index in [1.807, 2.05) is 21.1 Å². The molecule has 0 fully saturated rings. The maximum Gasteiger partial charge on any atom is 0.472 e. The molecule has 0 spiro atoms.